The molecule has 3 aliphatic rings. The smallest absolute Gasteiger partial charge is 0.236 e. The van der Waals surface area contributed by atoms with Crippen LogP contribution in [0.1, 0.15) is 13.8 Å². The molecule has 0 aromatic carbocycles. The summed E-state index contributed by atoms with van der Waals surface area (Å²) in [6.45, 7) is 3.74. The lowest BCUT2D eigenvalue weighted by Gasteiger charge is -2.21. The molecule has 3 rings (SSSR count). The summed E-state index contributed by atoms with van der Waals surface area (Å²) in [6.07, 6.45) is 3.47. The lowest BCUT2D eigenvalue weighted by atomic mass is 9.85. The minimum absolute atomic E-state index is 0.0463. The number of likely N-dealkylation sites (tertiary alicyclic amines) is 1. The Morgan fingerprint density at radius 1 is 1.13 bits per heavy atom. The van der Waals surface area contributed by atoms with E-state index in [1.165, 1.54) is 4.90 Å². The Balaban J connectivity index is 2.00. The van der Waals surface area contributed by atoms with Crippen molar-refractivity contribution in [2.24, 2.45) is 11.8 Å². The normalized spacial score (nSPS) is 42.2. The standard InChI is InChI=1S/C11H13NO3/c1-5(2)12-10(13)8-6-3-4-7(15-6)9(8)11(12)14/h3-9H,1-2H3/t6-,7-,8-,9-/m1/s1. The summed E-state index contributed by atoms with van der Waals surface area (Å²) >= 11 is 0. The number of carbonyl (C=O) groups is 2. The van der Waals surface area contributed by atoms with Crippen LogP contribution in [0.15, 0.2) is 12.2 Å². The van der Waals surface area contributed by atoms with E-state index in [2.05, 4.69) is 0 Å². The first kappa shape index (κ1) is 9.09. The average Bonchev–Trinajstić information content (AvgIpc) is 2.79. The molecular formula is C11H13NO3. The van der Waals surface area contributed by atoms with Crippen molar-refractivity contribution in [3.05, 3.63) is 12.2 Å². The van der Waals surface area contributed by atoms with Gasteiger partial charge in [0, 0.05) is 6.04 Å². The fourth-order valence-corrected chi connectivity index (χ4v) is 2.84. The molecule has 3 aliphatic heterocycles. The Kier molecular flexibility index (Phi) is 1.63. The van der Waals surface area contributed by atoms with E-state index < -0.39 is 0 Å². The molecule has 0 aromatic rings. The van der Waals surface area contributed by atoms with E-state index in [0.29, 0.717) is 0 Å². The minimum Gasteiger partial charge on any atom is -0.365 e. The summed E-state index contributed by atoms with van der Waals surface area (Å²) in [6, 6.07) is -0.0463. The first-order valence-electron chi connectivity index (χ1n) is 5.32. The fraction of sp³-hybridized carbons (Fsp3) is 0.636. The van der Waals surface area contributed by atoms with Crippen LogP contribution in [-0.4, -0.2) is 35.0 Å². The van der Waals surface area contributed by atoms with E-state index in [4.69, 9.17) is 4.74 Å². The van der Waals surface area contributed by atoms with Crippen LogP contribution in [0.4, 0.5) is 0 Å². The Hall–Kier alpha value is -1.16. The SMILES string of the molecule is CC(C)N1C(=O)[C@H]2[C@H](C1=O)[C@H]1C=C[C@H]2O1. The van der Waals surface area contributed by atoms with Crippen LogP contribution in [0.2, 0.25) is 0 Å². The van der Waals surface area contributed by atoms with Crippen LogP contribution in [0, 0.1) is 11.8 Å². The Bertz CT molecular complexity index is 344. The van der Waals surface area contributed by atoms with E-state index in [1.807, 2.05) is 26.0 Å². The van der Waals surface area contributed by atoms with Crippen LogP contribution < -0.4 is 0 Å². The second-order valence-electron chi connectivity index (χ2n) is 4.64. The summed E-state index contributed by atoms with van der Waals surface area (Å²) < 4.78 is 5.53. The van der Waals surface area contributed by atoms with Gasteiger partial charge in [0.1, 0.15) is 0 Å². The zero-order valence-electron chi connectivity index (χ0n) is 8.71. The Morgan fingerprint density at radius 3 is 2.00 bits per heavy atom. The first-order valence-corrected chi connectivity index (χ1v) is 5.32. The fourth-order valence-electron chi connectivity index (χ4n) is 2.84. The molecule has 0 aromatic heterocycles. The molecule has 0 N–H and O–H groups in total. The summed E-state index contributed by atoms with van der Waals surface area (Å²) in [4.78, 5) is 25.4. The molecule has 0 radical (unpaired) electrons. The molecular weight excluding hydrogens is 194 g/mol. The number of fused-ring (bicyclic) bond motifs is 5. The minimum atomic E-state index is -0.255. The van der Waals surface area contributed by atoms with Crippen molar-refractivity contribution in [3.8, 4) is 0 Å². The number of amides is 2. The maximum atomic E-state index is 12.0. The highest BCUT2D eigenvalue weighted by molar-refractivity contribution is 6.07. The molecule has 2 fully saturated rings. The predicted octanol–water partition coefficient (Wildman–Crippen LogP) is 0.333. The summed E-state index contributed by atoms with van der Waals surface area (Å²) in [5, 5.41) is 0. The maximum Gasteiger partial charge on any atom is 0.236 e. The number of imide groups is 1. The summed E-state index contributed by atoms with van der Waals surface area (Å²) in [7, 11) is 0. The van der Waals surface area contributed by atoms with Crippen molar-refractivity contribution >= 4 is 11.8 Å². The number of ether oxygens (including phenoxy) is 1. The first-order chi connectivity index (χ1) is 7.11. The van der Waals surface area contributed by atoms with Crippen molar-refractivity contribution in [1.82, 2.24) is 4.90 Å². The lowest BCUT2D eigenvalue weighted by molar-refractivity contribution is -0.144. The maximum absolute atomic E-state index is 12.0. The molecule has 2 amide bonds. The van der Waals surface area contributed by atoms with Crippen LogP contribution in [0.25, 0.3) is 0 Å². The summed E-state index contributed by atoms with van der Waals surface area (Å²) in [5.74, 6) is -0.626. The second-order valence-corrected chi connectivity index (χ2v) is 4.64. The van der Waals surface area contributed by atoms with Crippen molar-refractivity contribution < 1.29 is 14.3 Å². The topological polar surface area (TPSA) is 46.6 Å². The van der Waals surface area contributed by atoms with Crippen molar-refractivity contribution in [2.45, 2.75) is 32.1 Å². The number of carbonyl (C=O) groups excluding carboxylic acids is 2. The van der Waals surface area contributed by atoms with Crippen LogP contribution >= 0.6 is 0 Å². The Morgan fingerprint density at radius 2 is 1.60 bits per heavy atom. The van der Waals surface area contributed by atoms with Gasteiger partial charge in [-0.1, -0.05) is 12.2 Å². The van der Waals surface area contributed by atoms with Crippen LogP contribution in [0.3, 0.4) is 0 Å². The van der Waals surface area contributed by atoms with Gasteiger partial charge in [0.05, 0.1) is 24.0 Å². The molecule has 15 heavy (non-hydrogen) atoms. The van der Waals surface area contributed by atoms with Gasteiger partial charge in [-0.3, -0.25) is 14.5 Å². The molecule has 2 bridgehead atoms. The average molecular weight is 207 g/mol. The largest absolute Gasteiger partial charge is 0.365 e. The quantitative estimate of drug-likeness (QED) is 0.460. The van der Waals surface area contributed by atoms with E-state index >= 15 is 0 Å². The molecule has 0 spiro atoms. The highest BCUT2D eigenvalue weighted by Crippen LogP contribution is 2.45. The third-order valence-corrected chi connectivity index (χ3v) is 3.46. The number of hydrogen-bond donors (Lipinski definition) is 0. The van der Waals surface area contributed by atoms with Crippen molar-refractivity contribution in [2.75, 3.05) is 0 Å². The lowest BCUT2D eigenvalue weighted by Crippen LogP contribution is -2.39. The monoisotopic (exact) mass is 207 g/mol. The molecule has 4 heteroatoms. The highest BCUT2D eigenvalue weighted by Gasteiger charge is 2.60. The van der Waals surface area contributed by atoms with Crippen molar-refractivity contribution in [3.63, 3.8) is 0 Å². The van der Waals surface area contributed by atoms with Gasteiger partial charge in [0.2, 0.25) is 11.8 Å². The number of hydrogen-bond acceptors (Lipinski definition) is 3. The number of rotatable bonds is 1. The molecule has 0 saturated carbocycles. The predicted molar refractivity (Wildman–Crippen MR) is 51.8 cm³/mol. The van der Waals surface area contributed by atoms with Gasteiger partial charge in [0.15, 0.2) is 0 Å². The van der Waals surface area contributed by atoms with E-state index in [1.54, 1.807) is 0 Å². The van der Waals surface area contributed by atoms with E-state index in [0.717, 1.165) is 0 Å². The Labute approximate surface area is 87.9 Å². The van der Waals surface area contributed by atoms with Crippen LogP contribution in [0.5, 0.6) is 0 Å². The molecule has 0 aliphatic carbocycles. The zero-order valence-corrected chi connectivity index (χ0v) is 8.71. The van der Waals surface area contributed by atoms with Crippen LogP contribution in [-0.2, 0) is 14.3 Å². The van der Waals surface area contributed by atoms with E-state index in [9.17, 15) is 9.59 Å². The van der Waals surface area contributed by atoms with Gasteiger partial charge in [-0.2, -0.15) is 0 Å². The van der Waals surface area contributed by atoms with Gasteiger partial charge < -0.3 is 4.74 Å². The molecule has 3 heterocycles. The zero-order chi connectivity index (χ0) is 10.7. The molecule has 0 unspecified atom stereocenters. The highest BCUT2D eigenvalue weighted by atomic mass is 16.5. The molecule has 4 nitrogen and oxygen atoms in total. The third-order valence-electron chi connectivity index (χ3n) is 3.46. The molecule has 80 valence electrons. The van der Waals surface area contributed by atoms with Gasteiger partial charge in [0.25, 0.3) is 0 Å². The number of nitrogens with zero attached hydrogens (tertiary/aromatic N) is 1. The molecule has 2 saturated heterocycles. The van der Waals surface area contributed by atoms with E-state index in [-0.39, 0.29) is 41.9 Å². The van der Waals surface area contributed by atoms with Gasteiger partial charge >= 0.3 is 0 Å². The second kappa shape index (κ2) is 2.70. The van der Waals surface area contributed by atoms with Crippen molar-refractivity contribution in [1.29, 1.82) is 0 Å². The summed E-state index contributed by atoms with van der Waals surface area (Å²) in [5.41, 5.74) is 0. The third kappa shape index (κ3) is 0.951. The van der Waals surface area contributed by atoms with Gasteiger partial charge in [-0.15, -0.1) is 0 Å². The van der Waals surface area contributed by atoms with Gasteiger partial charge in [-0.05, 0) is 13.8 Å². The molecule has 4 atom stereocenters. The van der Waals surface area contributed by atoms with Gasteiger partial charge in [-0.25, -0.2) is 0 Å².